The van der Waals surface area contributed by atoms with Crippen LogP contribution in [-0.4, -0.2) is 5.84 Å². The van der Waals surface area contributed by atoms with Crippen LogP contribution in [0.15, 0.2) is 23.1 Å². The van der Waals surface area contributed by atoms with E-state index in [4.69, 9.17) is 0 Å². The van der Waals surface area contributed by atoms with E-state index >= 15 is 0 Å². The molecule has 0 saturated heterocycles. The first-order chi connectivity index (χ1) is 3.39. The molecule has 0 aromatic carbocycles. The maximum atomic E-state index is 3.87. The van der Waals surface area contributed by atoms with E-state index in [9.17, 15) is 0 Å². The zero-order valence-corrected chi connectivity index (χ0v) is 4.10. The Kier molecular flexibility index (Phi) is 0.966. The molecule has 0 fully saturated rings. The first-order valence-electron chi connectivity index (χ1n) is 2.10. The van der Waals surface area contributed by atoms with Crippen molar-refractivity contribution in [3.63, 3.8) is 0 Å². The molecule has 7 heavy (non-hydrogen) atoms. The number of amidine groups is 1. The summed E-state index contributed by atoms with van der Waals surface area (Å²) in [5.41, 5.74) is 2.77. The highest BCUT2D eigenvalue weighted by molar-refractivity contribution is 5.81. The van der Waals surface area contributed by atoms with E-state index in [1.165, 1.54) is 0 Å². The maximum Gasteiger partial charge on any atom is 0.103 e. The van der Waals surface area contributed by atoms with Crippen LogP contribution in [0.2, 0.25) is 0 Å². The molecule has 0 atom stereocenters. The van der Waals surface area contributed by atoms with Gasteiger partial charge in [0.05, 0.1) is 6.20 Å². The van der Waals surface area contributed by atoms with Crippen molar-refractivity contribution < 1.29 is 0 Å². The summed E-state index contributed by atoms with van der Waals surface area (Å²) < 4.78 is 0. The number of rotatable bonds is 0. The summed E-state index contributed by atoms with van der Waals surface area (Å²) in [6.07, 6.45) is 3.36. The second-order valence-corrected chi connectivity index (χ2v) is 1.30. The van der Waals surface area contributed by atoms with E-state index in [0.717, 1.165) is 5.84 Å². The number of aliphatic imine (C=N–C) groups is 1. The quantitative estimate of drug-likeness (QED) is 0.437. The molecule has 2 nitrogen and oxygen atoms in total. The second kappa shape index (κ2) is 1.63. The van der Waals surface area contributed by atoms with Gasteiger partial charge in [0, 0.05) is 6.20 Å². The minimum absolute atomic E-state index is 0.916. The first kappa shape index (κ1) is 4.16. The van der Waals surface area contributed by atoms with Gasteiger partial charge in [0.1, 0.15) is 5.84 Å². The molecule has 1 aliphatic heterocycles. The fourth-order valence-corrected chi connectivity index (χ4v) is 0.355. The van der Waals surface area contributed by atoms with Crippen LogP contribution >= 0.6 is 0 Å². The Hall–Kier alpha value is -1.01. The minimum Gasteiger partial charge on any atom is -0.344 e. The summed E-state index contributed by atoms with van der Waals surface area (Å²) in [6.45, 7) is 1.90. The molecule has 36 valence electrons. The average molecular weight is 94.1 g/mol. The molecular formula is C5H6N2. The lowest BCUT2D eigenvalue weighted by Gasteiger charge is -1.95. The highest BCUT2D eigenvalue weighted by atomic mass is 15.0. The Bertz CT molecular complexity index is 149. The van der Waals surface area contributed by atoms with Crippen molar-refractivity contribution in [1.29, 1.82) is 0 Å². The van der Waals surface area contributed by atoms with Crippen LogP contribution in [0.4, 0.5) is 0 Å². The summed E-state index contributed by atoms with van der Waals surface area (Å²) in [6, 6.07) is 0. The van der Waals surface area contributed by atoms with Crippen LogP contribution in [0.5, 0.6) is 0 Å². The van der Waals surface area contributed by atoms with Gasteiger partial charge in [-0.1, -0.05) is 5.73 Å². The predicted molar refractivity (Wildman–Crippen MR) is 28.9 cm³/mol. The summed E-state index contributed by atoms with van der Waals surface area (Å²) in [7, 11) is 0. The molecule has 1 heterocycles. The molecule has 0 saturated carbocycles. The van der Waals surface area contributed by atoms with Crippen LogP contribution < -0.4 is 5.32 Å². The summed E-state index contributed by atoms with van der Waals surface area (Å²) in [5.74, 6) is 0.916. The SMILES string of the molecule is CC1=NC=C=CN1. The standard InChI is InChI=1S/C5H6N2/c1-5-6-3-2-4-7-5/h3-4H,1H3,(H,6,7). The van der Waals surface area contributed by atoms with Gasteiger partial charge in [-0.3, -0.25) is 0 Å². The third-order valence-corrected chi connectivity index (χ3v) is 0.697. The molecule has 0 aliphatic carbocycles. The van der Waals surface area contributed by atoms with Gasteiger partial charge in [0.25, 0.3) is 0 Å². The number of hydrogen-bond donors (Lipinski definition) is 1. The largest absolute Gasteiger partial charge is 0.344 e. The lowest BCUT2D eigenvalue weighted by Crippen LogP contribution is -2.12. The average Bonchev–Trinajstić information content (AvgIpc) is 1.69. The van der Waals surface area contributed by atoms with Crippen molar-refractivity contribution in [2.75, 3.05) is 0 Å². The molecule has 0 aromatic heterocycles. The molecule has 0 radical (unpaired) electrons. The smallest absolute Gasteiger partial charge is 0.103 e. The molecule has 0 amide bonds. The van der Waals surface area contributed by atoms with Gasteiger partial charge in [0.15, 0.2) is 0 Å². The van der Waals surface area contributed by atoms with E-state index in [-0.39, 0.29) is 0 Å². The van der Waals surface area contributed by atoms with Gasteiger partial charge < -0.3 is 5.32 Å². The Morgan fingerprint density at radius 1 is 1.86 bits per heavy atom. The zero-order valence-electron chi connectivity index (χ0n) is 4.10. The fourth-order valence-electron chi connectivity index (χ4n) is 0.355. The van der Waals surface area contributed by atoms with E-state index in [2.05, 4.69) is 16.0 Å². The van der Waals surface area contributed by atoms with Crippen molar-refractivity contribution in [2.45, 2.75) is 6.92 Å². The second-order valence-electron chi connectivity index (χ2n) is 1.30. The third-order valence-electron chi connectivity index (χ3n) is 0.697. The third kappa shape index (κ3) is 0.913. The minimum atomic E-state index is 0.916. The summed E-state index contributed by atoms with van der Waals surface area (Å²) in [4.78, 5) is 3.87. The molecule has 0 bridgehead atoms. The van der Waals surface area contributed by atoms with E-state index in [0.29, 0.717) is 0 Å². The van der Waals surface area contributed by atoms with Gasteiger partial charge in [-0.2, -0.15) is 0 Å². The van der Waals surface area contributed by atoms with E-state index in [1.54, 1.807) is 12.4 Å². The van der Waals surface area contributed by atoms with Crippen molar-refractivity contribution in [1.82, 2.24) is 5.32 Å². The van der Waals surface area contributed by atoms with E-state index in [1.807, 2.05) is 6.92 Å². The Labute approximate surface area is 42.3 Å². The lowest BCUT2D eigenvalue weighted by molar-refractivity contribution is 1.21. The normalized spacial score (nSPS) is 15.9. The molecule has 1 aliphatic rings. The summed E-state index contributed by atoms with van der Waals surface area (Å²) in [5, 5.41) is 2.86. The van der Waals surface area contributed by atoms with Crippen molar-refractivity contribution >= 4 is 5.84 Å². The maximum absolute atomic E-state index is 3.87. The van der Waals surface area contributed by atoms with E-state index < -0.39 is 0 Å². The van der Waals surface area contributed by atoms with Gasteiger partial charge in [-0.15, -0.1) is 0 Å². The monoisotopic (exact) mass is 94.1 g/mol. The molecule has 0 aromatic rings. The van der Waals surface area contributed by atoms with Gasteiger partial charge in [-0.05, 0) is 6.92 Å². The van der Waals surface area contributed by atoms with Gasteiger partial charge in [-0.25, -0.2) is 4.99 Å². The Balaban J connectivity index is 2.77. The van der Waals surface area contributed by atoms with Crippen molar-refractivity contribution in [3.05, 3.63) is 18.1 Å². The van der Waals surface area contributed by atoms with Crippen molar-refractivity contribution in [3.8, 4) is 0 Å². The van der Waals surface area contributed by atoms with Gasteiger partial charge >= 0.3 is 0 Å². The first-order valence-corrected chi connectivity index (χ1v) is 2.10. The zero-order chi connectivity index (χ0) is 5.11. The fraction of sp³-hybridized carbons (Fsp3) is 0.200. The highest BCUT2D eigenvalue weighted by Gasteiger charge is 1.81. The van der Waals surface area contributed by atoms with Crippen LogP contribution in [0.3, 0.4) is 0 Å². The number of hydrogen-bond acceptors (Lipinski definition) is 2. The summed E-state index contributed by atoms with van der Waals surface area (Å²) >= 11 is 0. The van der Waals surface area contributed by atoms with Crippen LogP contribution in [0, 0.1) is 0 Å². The molecule has 0 spiro atoms. The van der Waals surface area contributed by atoms with Crippen LogP contribution in [0.1, 0.15) is 6.92 Å². The van der Waals surface area contributed by atoms with Crippen LogP contribution in [-0.2, 0) is 0 Å². The molecule has 1 rings (SSSR count). The molecule has 1 N–H and O–H groups in total. The van der Waals surface area contributed by atoms with Crippen molar-refractivity contribution in [2.24, 2.45) is 4.99 Å². The lowest BCUT2D eigenvalue weighted by atomic mass is 10.6. The molecular weight excluding hydrogens is 88.1 g/mol. The Morgan fingerprint density at radius 3 is 3.00 bits per heavy atom. The van der Waals surface area contributed by atoms with Gasteiger partial charge in [0.2, 0.25) is 0 Å². The molecule has 2 heteroatoms. The number of nitrogens with zero attached hydrogens (tertiary/aromatic N) is 1. The Morgan fingerprint density at radius 2 is 2.71 bits per heavy atom. The topological polar surface area (TPSA) is 24.4 Å². The molecule has 0 unspecified atom stereocenters. The number of nitrogens with one attached hydrogen (secondary N) is 1. The highest BCUT2D eigenvalue weighted by Crippen LogP contribution is 1.79. The van der Waals surface area contributed by atoms with Crippen LogP contribution in [0.25, 0.3) is 0 Å². The predicted octanol–water partition coefficient (Wildman–Crippen LogP) is 0.634.